The van der Waals surface area contributed by atoms with Crippen LogP contribution < -0.4 is 10.1 Å². The Bertz CT molecular complexity index is 888. The van der Waals surface area contributed by atoms with Crippen LogP contribution in [-0.4, -0.2) is 32.9 Å². The molecule has 7 heteroatoms. The number of methoxy groups -OCH3 is 1. The third-order valence-corrected chi connectivity index (χ3v) is 4.17. The number of amides is 1. The van der Waals surface area contributed by atoms with Crippen molar-refractivity contribution in [3.8, 4) is 5.75 Å². The van der Waals surface area contributed by atoms with Crippen LogP contribution in [0.15, 0.2) is 54.9 Å². The van der Waals surface area contributed by atoms with E-state index in [0.29, 0.717) is 6.54 Å². The molecule has 0 bridgehead atoms. The van der Waals surface area contributed by atoms with Crippen LogP contribution in [-0.2, 0) is 13.1 Å². The Hall–Kier alpha value is -3.19. The van der Waals surface area contributed by atoms with Gasteiger partial charge in [-0.05, 0) is 30.2 Å². The average molecular weight is 366 g/mol. The first kappa shape index (κ1) is 18.6. The predicted molar refractivity (Wildman–Crippen MR) is 100 cm³/mol. The smallest absolute Gasteiger partial charge is 0.291 e. The van der Waals surface area contributed by atoms with Crippen LogP contribution in [0.25, 0.3) is 0 Å². The van der Waals surface area contributed by atoms with Crippen molar-refractivity contribution in [2.75, 3.05) is 7.11 Å². The van der Waals surface area contributed by atoms with Crippen LogP contribution in [0, 0.1) is 6.92 Å². The molecule has 0 aliphatic rings. The summed E-state index contributed by atoms with van der Waals surface area (Å²) in [7, 11) is 1.59. The summed E-state index contributed by atoms with van der Waals surface area (Å²) in [6.07, 6.45) is 0.675. The Kier molecular flexibility index (Phi) is 5.83. The fourth-order valence-corrected chi connectivity index (χ4v) is 2.56. The molecule has 0 fully saturated rings. The minimum atomic E-state index is -0.763. The Balaban J connectivity index is 1.56. The molecule has 0 spiro atoms. The third kappa shape index (κ3) is 4.92. The van der Waals surface area contributed by atoms with Crippen molar-refractivity contribution in [3.05, 3.63) is 77.4 Å². The van der Waals surface area contributed by atoms with Crippen LogP contribution in [0.3, 0.4) is 0 Å². The Morgan fingerprint density at radius 3 is 2.56 bits per heavy atom. The van der Waals surface area contributed by atoms with Crippen molar-refractivity contribution in [2.24, 2.45) is 0 Å². The average Bonchev–Trinajstić information content (AvgIpc) is 3.16. The van der Waals surface area contributed by atoms with E-state index in [-0.39, 0.29) is 18.3 Å². The van der Waals surface area contributed by atoms with Crippen molar-refractivity contribution in [3.63, 3.8) is 0 Å². The second-order valence-corrected chi connectivity index (χ2v) is 6.25. The number of carbonyl (C=O) groups is 1. The minimum Gasteiger partial charge on any atom is -0.497 e. The molecule has 1 heterocycles. The lowest BCUT2D eigenvalue weighted by Gasteiger charge is -2.11. The van der Waals surface area contributed by atoms with Gasteiger partial charge in [0.2, 0.25) is 5.82 Å². The zero-order valence-electron chi connectivity index (χ0n) is 15.3. The van der Waals surface area contributed by atoms with Crippen molar-refractivity contribution in [2.45, 2.75) is 26.1 Å². The standard InChI is InChI=1S/C20H22N4O3/c1-14-3-5-15(6-4-14)11-21-20(26)19-22-13-24(23-19)12-18(25)16-7-9-17(27-2)10-8-16/h3-10,13,18,25H,11-12H2,1-2H3,(H,21,26)/t18-/m0/s1. The maximum Gasteiger partial charge on any atom is 0.291 e. The molecule has 0 aliphatic heterocycles. The Labute approximate surface area is 157 Å². The summed E-state index contributed by atoms with van der Waals surface area (Å²) >= 11 is 0. The molecular formula is C20H22N4O3. The molecule has 1 aromatic heterocycles. The van der Waals surface area contributed by atoms with Crippen molar-refractivity contribution >= 4 is 5.91 Å². The highest BCUT2D eigenvalue weighted by molar-refractivity contribution is 5.90. The van der Waals surface area contributed by atoms with Crippen LogP contribution in [0.5, 0.6) is 5.75 Å². The van der Waals surface area contributed by atoms with Crippen LogP contribution in [0.1, 0.15) is 33.4 Å². The van der Waals surface area contributed by atoms with Crippen molar-refractivity contribution < 1.29 is 14.6 Å². The van der Waals surface area contributed by atoms with Gasteiger partial charge in [0.05, 0.1) is 19.8 Å². The highest BCUT2D eigenvalue weighted by Crippen LogP contribution is 2.18. The fourth-order valence-electron chi connectivity index (χ4n) is 2.56. The van der Waals surface area contributed by atoms with Gasteiger partial charge in [0.15, 0.2) is 0 Å². The number of hydrogen-bond acceptors (Lipinski definition) is 5. The van der Waals surface area contributed by atoms with Gasteiger partial charge in [-0.15, -0.1) is 5.10 Å². The first-order valence-corrected chi connectivity index (χ1v) is 8.60. The largest absolute Gasteiger partial charge is 0.497 e. The molecule has 27 heavy (non-hydrogen) atoms. The molecule has 0 saturated heterocycles. The number of nitrogens with one attached hydrogen (secondary N) is 1. The van der Waals surface area contributed by atoms with E-state index >= 15 is 0 Å². The monoisotopic (exact) mass is 366 g/mol. The van der Waals surface area contributed by atoms with E-state index in [4.69, 9.17) is 4.74 Å². The number of benzene rings is 2. The maximum atomic E-state index is 12.2. The van der Waals surface area contributed by atoms with Crippen LogP contribution >= 0.6 is 0 Å². The first-order chi connectivity index (χ1) is 13.0. The number of ether oxygens (including phenoxy) is 1. The Morgan fingerprint density at radius 2 is 1.89 bits per heavy atom. The molecule has 3 aromatic rings. The van der Waals surface area contributed by atoms with Gasteiger partial charge in [-0.1, -0.05) is 42.0 Å². The molecule has 0 saturated carbocycles. The fraction of sp³-hybridized carbons (Fsp3) is 0.250. The summed E-state index contributed by atoms with van der Waals surface area (Å²) in [5, 5.41) is 17.3. The Morgan fingerprint density at radius 1 is 1.19 bits per heavy atom. The van der Waals surface area contributed by atoms with E-state index < -0.39 is 6.10 Å². The number of hydrogen-bond donors (Lipinski definition) is 2. The normalized spacial score (nSPS) is 11.8. The molecule has 7 nitrogen and oxygen atoms in total. The number of rotatable bonds is 7. The summed E-state index contributed by atoms with van der Waals surface area (Å²) in [5.41, 5.74) is 2.90. The summed E-state index contributed by atoms with van der Waals surface area (Å²) in [5.74, 6) is 0.441. The number of aliphatic hydroxyl groups is 1. The minimum absolute atomic E-state index is 0.0732. The lowest BCUT2D eigenvalue weighted by molar-refractivity contribution is 0.0938. The van der Waals surface area contributed by atoms with E-state index in [9.17, 15) is 9.90 Å². The van der Waals surface area contributed by atoms with Gasteiger partial charge in [-0.25, -0.2) is 9.67 Å². The molecule has 1 atom stereocenters. The number of aliphatic hydroxyl groups excluding tert-OH is 1. The molecule has 2 N–H and O–H groups in total. The zero-order chi connectivity index (χ0) is 19.2. The third-order valence-electron chi connectivity index (χ3n) is 4.17. The lowest BCUT2D eigenvalue weighted by atomic mass is 10.1. The van der Waals surface area contributed by atoms with E-state index in [1.54, 1.807) is 31.4 Å². The summed E-state index contributed by atoms with van der Waals surface area (Å²) in [6.45, 7) is 2.62. The van der Waals surface area contributed by atoms with Crippen LogP contribution in [0.4, 0.5) is 0 Å². The summed E-state index contributed by atoms with van der Waals surface area (Å²) < 4.78 is 6.56. The lowest BCUT2D eigenvalue weighted by Crippen LogP contribution is -2.24. The van der Waals surface area contributed by atoms with Gasteiger partial charge in [-0.3, -0.25) is 4.79 Å². The first-order valence-electron chi connectivity index (χ1n) is 8.60. The molecule has 1 amide bonds. The molecular weight excluding hydrogens is 344 g/mol. The van der Waals surface area contributed by atoms with E-state index in [0.717, 1.165) is 16.9 Å². The van der Waals surface area contributed by atoms with Gasteiger partial charge in [0.1, 0.15) is 12.1 Å². The number of aromatic nitrogens is 3. The van der Waals surface area contributed by atoms with Crippen molar-refractivity contribution in [1.29, 1.82) is 0 Å². The van der Waals surface area contributed by atoms with Gasteiger partial charge >= 0.3 is 0 Å². The van der Waals surface area contributed by atoms with Gasteiger partial charge < -0.3 is 15.2 Å². The second kappa shape index (κ2) is 8.46. The van der Waals surface area contributed by atoms with E-state index in [2.05, 4.69) is 15.4 Å². The highest BCUT2D eigenvalue weighted by atomic mass is 16.5. The SMILES string of the molecule is COc1ccc([C@@H](O)Cn2cnc(C(=O)NCc3ccc(C)cc3)n2)cc1. The van der Waals surface area contributed by atoms with Gasteiger partial charge in [-0.2, -0.15) is 0 Å². The summed E-state index contributed by atoms with van der Waals surface area (Å²) in [6, 6.07) is 15.1. The van der Waals surface area contributed by atoms with E-state index in [1.807, 2.05) is 31.2 Å². The second-order valence-electron chi connectivity index (χ2n) is 6.25. The molecule has 2 aromatic carbocycles. The quantitative estimate of drug-likeness (QED) is 0.669. The van der Waals surface area contributed by atoms with Crippen LogP contribution in [0.2, 0.25) is 0 Å². The molecule has 0 aliphatic carbocycles. The number of aryl methyl sites for hydroxylation is 1. The van der Waals surface area contributed by atoms with Crippen molar-refractivity contribution in [1.82, 2.24) is 20.1 Å². The molecule has 0 radical (unpaired) electrons. The zero-order valence-corrected chi connectivity index (χ0v) is 15.3. The highest BCUT2D eigenvalue weighted by Gasteiger charge is 2.14. The molecule has 0 unspecified atom stereocenters. The predicted octanol–water partition coefficient (Wildman–Crippen LogP) is 2.26. The maximum absolute atomic E-state index is 12.2. The number of nitrogens with zero attached hydrogens (tertiary/aromatic N) is 3. The van der Waals surface area contributed by atoms with Gasteiger partial charge in [0, 0.05) is 6.54 Å². The number of carbonyl (C=O) groups excluding carboxylic acids is 1. The van der Waals surface area contributed by atoms with Gasteiger partial charge in [0.25, 0.3) is 5.91 Å². The van der Waals surface area contributed by atoms with E-state index in [1.165, 1.54) is 16.6 Å². The molecule has 3 rings (SSSR count). The topological polar surface area (TPSA) is 89.3 Å². The summed E-state index contributed by atoms with van der Waals surface area (Å²) in [4.78, 5) is 16.2. The molecule has 140 valence electrons.